The summed E-state index contributed by atoms with van der Waals surface area (Å²) in [5, 5.41) is 0. The van der Waals surface area contributed by atoms with Crippen molar-refractivity contribution in [3.63, 3.8) is 0 Å². The van der Waals surface area contributed by atoms with Gasteiger partial charge in [0.15, 0.2) is 5.76 Å². The first-order chi connectivity index (χ1) is 9.86. The first-order valence-corrected chi connectivity index (χ1v) is 6.82. The van der Waals surface area contributed by atoms with E-state index < -0.39 is 0 Å². The van der Waals surface area contributed by atoms with Crippen LogP contribution in [0.25, 0.3) is 22.6 Å². The van der Waals surface area contributed by atoms with Gasteiger partial charge in [0.1, 0.15) is 17.2 Å². The summed E-state index contributed by atoms with van der Waals surface area (Å²) in [7, 11) is 0. The SMILES string of the molecule is ClCc1nc2c(o1)-c1ccccc1Oc1ccccc1-2. The fraction of sp³-hybridized carbons (Fsp3) is 0.0625. The molecule has 1 aliphatic rings. The van der Waals surface area contributed by atoms with Crippen LogP contribution in [-0.4, -0.2) is 4.98 Å². The van der Waals surface area contributed by atoms with Crippen LogP contribution in [0.2, 0.25) is 0 Å². The Morgan fingerprint density at radius 3 is 2.30 bits per heavy atom. The number of hydrogen-bond acceptors (Lipinski definition) is 3. The maximum Gasteiger partial charge on any atom is 0.210 e. The van der Waals surface area contributed by atoms with Crippen LogP contribution in [0.15, 0.2) is 52.9 Å². The highest BCUT2D eigenvalue weighted by atomic mass is 35.5. The quantitative estimate of drug-likeness (QED) is 0.468. The van der Waals surface area contributed by atoms with E-state index in [-0.39, 0.29) is 5.88 Å². The number of hydrogen-bond donors (Lipinski definition) is 0. The van der Waals surface area contributed by atoms with Gasteiger partial charge in [-0.2, -0.15) is 0 Å². The Balaban J connectivity index is 2.08. The molecule has 0 amide bonds. The molecule has 4 heteroatoms. The largest absolute Gasteiger partial charge is 0.456 e. The lowest BCUT2D eigenvalue weighted by Crippen LogP contribution is -1.86. The molecule has 98 valence electrons. The normalized spacial score (nSPS) is 11.8. The van der Waals surface area contributed by atoms with Crippen LogP contribution in [0.3, 0.4) is 0 Å². The minimum absolute atomic E-state index is 0.248. The number of benzene rings is 2. The van der Waals surface area contributed by atoms with Crippen molar-refractivity contribution >= 4 is 11.6 Å². The summed E-state index contributed by atoms with van der Waals surface area (Å²) in [6, 6.07) is 15.6. The van der Waals surface area contributed by atoms with Gasteiger partial charge in [0.05, 0.1) is 11.4 Å². The third-order valence-corrected chi connectivity index (χ3v) is 3.51. The molecule has 0 atom stereocenters. The molecule has 0 saturated carbocycles. The molecular formula is C16H10ClNO2. The first kappa shape index (κ1) is 11.6. The van der Waals surface area contributed by atoms with Crippen LogP contribution in [-0.2, 0) is 5.88 Å². The topological polar surface area (TPSA) is 35.3 Å². The van der Waals surface area contributed by atoms with E-state index in [1.165, 1.54) is 0 Å². The van der Waals surface area contributed by atoms with Crippen molar-refractivity contribution in [1.29, 1.82) is 0 Å². The average Bonchev–Trinajstić information content (AvgIpc) is 2.87. The van der Waals surface area contributed by atoms with Gasteiger partial charge in [-0.15, -0.1) is 11.6 Å². The number of nitrogens with zero attached hydrogens (tertiary/aromatic N) is 1. The highest BCUT2D eigenvalue weighted by molar-refractivity contribution is 6.16. The zero-order valence-electron chi connectivity index (χ0n) is 10.5. The van der Waals surface area contributed by atoms with Crippen LogP contribution in [0.5, 0.6) is 11.5 Å². The average molecular weight is 284 g/mol. The van der Waals surface area contributed by atoms with Crippen LogP contribution in [0.1, 0.15) is 5.89 Å². The second-order valence-electron chi connectivity index (χ2n) is 4.51. The van der Waals surface area contributed by atoms with Crippen molar-refractivity contribution in [3.05, 3.63) is 54.4 Å². The number of halogens is 1. The number of rotatable bonds is 1. The summed E-state index contributed by atoms with van der Waals surface area (Å²) in [4.78, 5) is 4.49. The Bertz CT molecular complexity index is 732. The van der Waals surface area contributed by atoms with Gasteiger partial charge in [0.2, 0.25) is 5.89 Å². The predicted molar refractivity (Wildman–Crippen MR) is 77.0 cm³/mol. The molecule has 0 unspecified atom stereocenters. The molecule has 0 fully saturated rings. The predicted octanol–water partition coefficient (Wildman–Crippen LogP) is 4.85. The summed E-state index contributed by atoms with van der Waals surface area (Å²) >= 11 is 5.85. The maximum atomic E-state index is 5.98. The van der Waals surface area contributed by atoms with Crippen LogP contribution < -0.4 is 4.74 Å². The monoisotopic (exact) mass is 283 g/mol. The number of alkyl halides is 1. The maximum absolute atomic E-state index is 5.98. The van der Waals surface area contributed by atoms with Gasteiger partial charge < -0.3 is 9.15 Å². The molecule has 2 heterocycles. The van der Waals surface area contributed by atoms with Gasteiger partial charge >= 0.3 is 0 Å². The van der Waals surface area contributed by atoms with Crippen LogP contribution in [0.4, 0.5) is 0 Å². The minimum Gasteiger partial charge on any atom is -0.456 e. The molecule has 0 aliphatic carbocycles. The molecule has 3 nitrogen and oxygen atoms in total. The Morgan fingerprint density at radius 1 is 0.900 bits per heavy atom. The van der Waals surface area contributed by atoms with Crippen molar-refractivity contribution < 1.29 is 9.15 Å². The second-order valence-corrected chi connectivity index (χ2v) is 4.78. The smallest absolute Gasteiger partial charge is 0.210 e. The molecule has 0 radical (unpaired) electrons. The molecule has 0 saturated heterocycles. The highest BCUT2D eigenvalue weighted by Crippen LogP contribution is 2.46. The highest BCUT2D eigenvalue weighted by Gasteiger charge is 2.25. The van der Waals surface area contributed by atoms with E-state index in [1.54, 1.807) is 0 Å². The molecule has 1 aliphatic heterocycles. The van der Waals surface area contributed by atoms with E-state index in [4.69, 9.17) is 20.8 Å². The Hall–Kier alpha value is -2.26. The van der Waals surface area contributed by atoms with Crippen molar-refractivity contribution in [3.8, 4) is 34.1 Å². The molecule has 0 spiro atoms. The Morgan fingerprint density at radius 2 is 1.55 bits per heavy atom. The molecular weight excluding hydrogens is 274 g/mol. The van der Waals surface area contributed by atoms with E-state index in [9.17, 15) is 0 Å². The summed E-state index contributed by atoms with van der Waals surface area (Å²) in [6.45, 7) is 0. The summed E-state index contributed by atoms with van der Waals surface area (Å²) in [6.07, 6.45) is 0. The third-order valence-electron chi connectivity index (χ3n) is 3.28. The molecule has 0 N–H and O–H groups in total. The van der Waals surface area contributed by atoms with E-state index in [2.05, 4.69) is 4.98 Å². The van der Waals surface area contributed by atoms with E-state index in [1.807, 2.05) is 48.5 Å². The van der Waals surface area contributed by atoms with E-state index in [0.29, 0.717) is 11.7 Å². The fourth-order valence-electron chi connectivity index (χ4n) is 2.40. The zero-order valence-corrected chi connectivity index (χ0v) is 11.2. The summed E-state index contributed by atoms with van der Waals surface area (Å²) in [5.74, 6) is 3.01. The molecule has 1 aromatic heterocycles. The number of oxazole rings is 1. The van der Waals surface area contributed by atoms with Crippen LogP contribution in [0, 0.1) is 0 Å². The minimum atomic E-state index is 0.248. The first-order valence-electron chi connectivity index (χ1n) is 6.29. The lowest BCUT2D eigenvalue weighted by atomic mass is 10.1. The number of para-hydroxylation sites is 2. The lowest BCUT2D eigenvalue weighted by Gasteiger charge is -2.07. The number of fused-ring (bicyclic) bond motifs is 5. The third kappa shape index (κ3) is 1.63. The number of ether oxygens (including phenoxy) is 1. The van der Waals surface area contributed by atoms with Gasteiger partial charge in [-0.1, -0.05) is 24.3 Å². The second kappa shape index (κ2) is 4.39. The summed E-state index contributed by atoms with van der Waals surface area (Å²) in [5.41, 5.74) is 2.59. The molecule has 4 rings (SSSR count). The van der Waals surface area contributed by atoms with Crippen molar-refractivity contribution in [2.24, 2.45) is 0 Å². The molecule has 0 bridgehead atoms. The standard InChI is InChI=1S/C16H10ClNO2/c17-9-14-18-15-10-5-1-3-7-12(10)19-13-8-4-2-6-11(13)16(15)20-14/h1-8H,9H2. The van der Waals surface area contributed by atoms with E-state index in [0.717, 1.165) is 28.3 Å². The molecule has 20 heavy (non-hydrogen) atoms. The summed E-state index contributed by atoms with van der Waals surface area (Å²) < 4.78 is 11.8. The Labute approximate surface area is 120 Å². The molecule has 3 aromatic rings. The number of aromatic nitrogens is 1. The van der Waals surface area contributed by atoms with E-state index >= 15 is 0 Å². The van der Waals surface area contributed by atoms with Gasteiger partial charge in [-0.25, -0.2) is 4.98 Å². The van der Waals surface area contributed by atoms with Crippen molar-refractivity contribution in [2.45, 2.75) is 5.88 Å². The van der Waals surface area contributed by atoms with Gasteiger partial charge in [-0.05, 0) is 24.3 Å². The lowest BCUT2D eigenvalue weighted by molar-refractivity contribution is 0.482. The van der Waals surface area contributed by atoms with Gasteiger partial charge in [0.25, 0.3) is 0 Å². The van der Waals surface area contributed by atoms with Crippen molar-refractivity contribution in [2.75, 3.05) is 0 Å². The molecule has 2 aromatic carbocycles. The van der Waals surface area contributed by atoms with Crippen molar-refractivity contribution in [1.82, 2.24) is 4.98 Å². The van der Waals surface area contributed by atoms with Gasteiger partial charge in [-0.3, -0.25) is 0 Å². The zero-order chi connectivity index (χ0) is 13.5. The van der Waals surface area contributed by atoms with Gasteiger partial charge in [0, 0.05) is 5.56 Å². The van der Waals surface area contributed by atoms with Crippen LogP contribution >= 0.6 is 11.6 Å². The fourth-order valence-corrected chi connectivity index (χ4v) is 2.51. The Kier molecular flexibility index (Phi) is 2.54.